The number of aromatic amines is 1. The van der Waals surface area contributed by atoms with Crippen LogP contribution in [0.15, 0.2) is 29.8 Å². The highest BCUT2D eigenvalue weighted by atomic mass is 32.1. The van der Waals surface area contributed by atoms with Gasteiger partial charge >= 0.3 is 0 Å². The maximum atomic E-state index is 12.1. The van der Waals surface area contributed by atoms with E-state index in [0.29, 0.717) is 17.9 Å². The Balaban J connectivity index is 1.88. The van der Waals surface area contributed by atoms with E-state index in [1.54, 1.807) is 11.6 Å². The number of nitrogens with one attached hydrogen (secondary N) is 2. The fourth-order valence-electron chi connectivity index (χ4n) is 1.77. The fourth-order valence-corrected chi connectivity index (χ4v) is 2.43. The van der Waals surface area contributed by atoms with Gasteiger partial charge in [0.05, 0.1) is 17.4 Å². The third kappa shape index (κ3) is 2.20. The first-order valence-corrected chi connectivity index (χ1v) is 6.54. The van der Waals surface area contributed by atoms with Gasteiger partial charge in [-0.2, -0.15) is 5.10 Å². The van der Waals surface area contributed by atoms with Crippen LogP contribution in [0.1, 0.15) is 15.5 Å². The minimum Gasteiger partial charge on any atom is -0.325 e. The zero-order valence-corrected chi connectivity index (χ0v) is 10.7. The van der Waals surface area contributed by atoms with Crippen molar-refractivity contribution in [2.45, 2.75) is 6.54 Å². The number of benzene rings is 1. The molecular formula is C12H11N5OS. The highest BCUT2D eigenvalue weighted by Gasteiger charge is 2.12. The molecular weight excluding hydrogens is 262 g/mol. The molecule has 7 heteroatoms. The second-order valence-electron chi connectivity index (χ2n) is 3.92. The number of anilines is 1. The fraction of sp³-hybridized carbons (Fsp3) is 0.0833. The topological polar surface area (TPSA) is 96.7 Å². The molecule has 0 unspecified atom stereocenters. The van der Waals surface area contributed by atoms with E-state index < -0.39 is 0 Å². The van der Waals surface area contributed by atoms with Gasteiger partial charge in [0.15, 0.2) is 0 Å². The molecule has 0 saturated heterocycles. The Labute approximate surface area is 112 Å². The van der Waals surface area contributed by atoms with Gasteiger partial charge in [-0.25, -0.2) is 4.98 Å². The van der Waals surface area contributed by atoms with Gasteiger partial charge in [0.25, 0.3) is 5.91 Å². The molecule has 0 atom stereocenters. The summed E-state index contributed by atoms with van der Waals surface area (Å²) in [4.78, 5) is 16.2. The first-order valence-electron chi connectivity index (χ1n) is 5.66. The van der Waals surface area contributed by atoms with Crippen molar-refractivity contribution in [3.63, 3.8) is 0 Å². The van der Waals surface area contributed by atoms with Crippen LogP contribution in [0.2, 0.25) is 0 Å². The second kappa shape index (κ2) is 4.79. The van der Waals surface area contributed by atoms with E-state index in [4.69, 9.17) is 5.73 Å². The summed E-state index contributed by atoms with van der Waals surface area (Å²) in [5.41, 5.74) is 7.44. The van der Waals surface area contributed by atoms with Crippen molar-refractivity contribution in [2.75, 3.05) is 5.32 Å². The largest absolute Gasteiger partial charge is 0.325 e. The maximum absolute atomic E-state index is 12.1. The first kappa shape index (κ1) is 11.8. The van der Waals surface area contributed by atoms with Crippen molar-refractivity contribution in [2.24, 2.45) is 5.73 Å². The summed E-state index contributed by atoms with van der Waals surface area (Å²) in [6.45, 7) is 0.343. The van der Waals surface area contributed by atoms with Crippen LogP contribution in [-0.4, -0.2) is 21.1 Å². The van der Waals surface area contributed by atoms with Crippen molar-refractivity contribution >= 4 is 33.8 Å². The first-order chi connectivity index (χ1) is 9.28. The zero-order chi connectivity index (χ0) is 13.2. The van der Waals surface area contributed by atoms with Gasteiger partial charge in [0.1, 0.15) is 10.7 Å². The molecule has 0 radical (unpaired) electrons. The number of carbonyl (C=O) groups is 1. The summed E-state index contributed by atoms with van der Waals surface area (Å²) < 4.78 is 0. The number of H-pyrrole nitrogens is 1. The predicted octanol–water partition coefficient (Wildman–Crippen LogP) is 1.73. The molecule has 0 aliphatic rings. The molecule has 0 bridgehead atoms. The molecule has 1 amide bonds. The van der Waals surface area contributed by atoms with Gasteiger partial charge in [-0.3, -0.25) is 9.89 Å². The Morgan fingerprint density at radius 1 is 1.47 bits per heavy atom. The monoisotopic (exact) mass is 273 g/mol. The Hall–Kier alpha value is -2.25. The number of carbonyl (C=O) groups excluding carboxylic acids is 1. The minimum atomic E-state index is -0.246. The lowest BCUT2D eigenvalue weighted by molar-refractivity contribution is 0.102. The van der Waals surface area contributed by atoms with Gasteiger partial charge in [-0.05, 0) is 12.1 Å². The van der Waals surface area contributed by atoms with Crippen LogP contribution in [0.5, 0.6) is 0 Å². The van der Waals surface area contributed by atoms with E-state index in [2.05, 4.69) is 20.5 Å². The van der Waals surface area contributed by atoms with E-state index in [0.717, 1.165) is 15.9 Å². The second-order valence-corrected chi connectivity index (χ2v) is 4.86. The third-order valence-electron chi connectivity index (χ3n) is 2.69. The summed E-state index contributed by atoms with van der Waals surface area (Å²) in [6.07, 6.45) is 1.68. The molecule has 6 nitrogen and oxygen atoms in total. The molecule has 0 aliphatic carbocycles. The number of rotatable bonds is 3. The van der Waals surface area contributed by atoms with E-state index in [9.17, 15) is 4.79 Å². The van der Waals surface area contributed by atoms with Gasteiger partial charge in [0.2, 0.25) is 0 Å². The summed E-state index contributed by atoms with van der Waals surface area (Å²) in [5.74, 6) is -0.246. The summed E-state index contributed by atoms with van der Waals surface area (Å²) >= 11 is 1.38. The normalized spacial score (nSPS) is 10.8. The lowest BCUT2D eigenvalue weighted by Gasteiger charge is -2.04. The average Bonchev–Trinajstić information content (AvgIpc) is 3.08. The molecule has 4 N–H and O–H groups in total. The number of thiazole rings is 1. The number of fused-ring (bicyclic) bond motifs is 1. The summed E-state index contributed by atoms with van der Waals surface area (Å²) in [7, 11) is 0. The van der Waals surface area contributed by atoms with Crippen LogP contribution in [0, 0.1) is 0 Å². The standard InChI is InChI=1S/C12H11N5OS/c13-4-11-15-10(6-19-11)12(18)16-8-2-1-3-9-7(8)5-14-17-9/h1-3,5-6H,4,13H2,(H,14,17)(H,16,18). The molecule has 19 heavy (non-hydrogen) atoms. The van der Waals surface area contributed by atoms with E-state index >= 15 is 0 Å². The third-order valence-corrected chi connectivity index (χ3v) is 3.56. The lowest BCUT2D eigenvalue weighted by Crippen LogP contribution is -2.12. The molecule has 3 rings (SSSR count). The lowest BCUT2D eigenvalue weighted by atomic mass is 10.2. The summed E-state index contributed by atoms with van der Waals surface area (Å²) in [5, 5.41) is 12.9. The number of hydrogen-bond acceptors (Lipinski definition) is 5. The number of aromatic nitrogens is 3. The van der Waals surface area contributed by atoms with Gasteiger partial charge < -0.3 is 11.1 Å². The minimum absolute atomic E-state index is 0.246. The number of nitrogens with two attached hydrogens (primary N) is 1. The van der Waals surface area contributed by atoms with E-state index in [1.807, 2.05) is 18.2 Å². The Bertz CT molecular complexity index is 732. The quantitative estimate of drug-likeness (QED) is 0.677. The van der Waals surface area contributed by atoms with Gasteiger partial charge in [0, 0.05) is 17.3 Å². The molecule has 0 aliphatic heterocycles. The van der Waals surface area contributed by atoms with E-state index in [-0.39, 0.29) is 5.91 Å². The van der Waals surface area contributed by atoms with Crippen molar-refractivity contribution in [3.8, 4) is 0 Å². The summed E-state index contributed by atoms with van der Waals surface area (Å²) in [6, 6.07) is 5.57. The van der Waals surface area contributed by atoms with Crippen molar-refractivity contribution in [1.82, 2.24) is 15.2 Å². The van der Waals surface area contributed by atoms with Gasteiger partial charge in [-0.1, -0.05) is 6.07 Å². The highest BCUT2D eigenvalue weighted by Crippen LogP contribution is 2.21. The van der Waals surface area contributed by atoms with Crippen LogP contribution >= 0.6 is 11.3 Å². The average molecular weight is 273 g/mol. The molecule has 0 spiro atoms. The van der Waals surface area contributed by atoms with Crippen LogP contribution < -0.4 is 11.1 Å². The Morgan fingerprint density at radius 2 is 2.37 bits per heavy atom. The Morgan fingerprint density at radius 3 is 3.16 bits per heavy atom. The van der Waals surface area contributed by atoms with Crippen LogP contribution in [-0.2, 0) is 6.54 Å². The molecule has 1 aromatic carbocycles. The molecule has 2 heterocycles. The van der Waals surface area contributed by atoms with Gasteiger partial charge in [-0.15, -0.1) is 11.3 Å². The highest BCUT2D eigenvalue weighted by molar-refractivity contribution is 7.09. The number of nitrogens with zero attached hydrogens (tertiary/aromatic N) is 2. The van der Waals surface area contributed by atoms with E-state index in [1.165, 1.54) is 11.3 Å². The zero-order valence-electron chi connectivity index (χ0n) is 9.88. The molecule has 2 aromatic heterocycles. The number of amides is 1. The molecule has 96 valence electrons. The maximum Gasteiger partial charge on any atom is 0.275 e. The van der Waals surface area contributed by atoms with Crippen molar-refractivity contribution in [1.29, 1.82) is 0 Å². The predicted molar refractivity (Wildman–Crippen MR) is 74.1 cm³/mol. The number of hydrogen-bond donors (Lipinski definition) is 3. The SMILES string of the molecule is NCc1nc(C(=O)Nc2cccc3[nH]ncc23)cs1. The smallest absolute Gasteiger partial charge is 0.275 e. The van der Waals surface area contributed by atoms with Crippen LogP contribution in [0.3, 0.4) is 0 Å². The van der Waals surface area contributed by atoms with Crippen molar-refractivity contribution in [3.05, 3.63) is 40.5 Å². The van der Waals surface area contributed by atoms with Crippen molar-refractivity contribution < 1.29 is 4.79 Å². The van der Waals surface area contributed by atoms with Crippen LogP contribution in [0.25, 0.3) is 10.9 Å². The molecule has 0 saturated carbocycles. The van der Waals surface area contributed by atoms with Crippen LogP contribution in [0.4, 0.5) is 5.69 Å². The Kier molecular flexibility index (Phi) is 2.98. The molecule has 0 fully saturated rings. The molecule has 3 aromatic rings.